The van der Waals surface area contributed by atoms with Crippen molar-refractivity contribution in [2.45, 2.75) is 117 Å². The van der Waals surface area contributed by atoms with Crippen molar-refractivity contribution in [3.8, 4) is 0 Å². The third-order valence-electron chi connectivity index (χ3n) is 7.28. The van der Waals surface area contributed by atoms with Gasteiger partial charge in [-0.05, 0) is 24.5 Å². The lowest BCUT2D eigenvalue weighted by Crippen LogP contribution is -2.28. The van der Waals surface area contributed by atoms with Gasteiger partial charge in [-0.2, -0.15) is 0 Å². The predicted octanol–water partition coefficient (Wildman–Crippen LogP) is 9.59. The second-order valence-electron chi connectivity index (χ2n) is 10.6. The fraction of sp³-hybridized carbons (Fsp3) is 0.618. The maximum absolute atomic E-state index is 2.69. The second-order valence-corrected chi connectivity index (χ2v) is 10.6. The third-order valence-corrected chi connectivity index (χ3v) is 7.28. The smallest absolute Gasteiger partial charge is 0.169 e. The molecule has 1 heterocycles. The lowest BCUT2D eigenvalue weighted by molar-refractivity contribution is -0.671. The molecule has 1 aromatic heterocycles. The van der Waals surface area contributed by atoms with E-state index in [1.165, 1.54) is 120 Å². The van der Waals surface area contributed by atoms with Gasteiger partial charge in [-0.1, -0.05) is 134 Å². The van der Waals surface area contributed by atoms with E-state index in [4.69, 9.17) is 0 Å². The molecule has 36 heavy (non-hydrogen) atoms. The predicted molar refractivity (Wildman–Crippen MR) is 159 cm³/mol. The summed E-state index contributed by atoms with van der Waals surface area (Å²) in [7, 11) is 2.10. The first-order valence-electron chi connectivity index (χ1n) is 15.2. The minimum absolute atomic E-state index is 1.16. The maximum atomic E-state index is 2.69. The molecular weight excluding hydrogens is 436 g/mol. The van der Waals surface area contributed by atoms with Gasteiger partial charge >= 0.3 is 0 Å². The zero-order valence-electron chi connectivity index (χ0n) is 23.9. The van der Waals surface area contributed by atoms with Crippen molar-refractivity contribution in [3.05, 3.63) is 66.0 Å². The van der Waals surface area contributed by atoms with Crippen LogP contribution in [0.1, 0.15) is 128 Å². The number of nitrogens with zero attached hydrogens (tertiary/aromatic N) is 2. The van der Waals surface area contributed by atoms with Crippen LogP contribution in [0.15, 0.2) is 54.9 Å². The molecule has 0 bridgehead atoms. The van der Waals surface area contributed by atoms with Crippen LogP contribution < -0.4 is 4.57 Å². The van der Waals surface area contributed by atoms with Gasteiger partial charge in [-0.25, -0.2) is 4.57 Å². The Morgan fingerprint density at radius 2 is 1.06 bits per heavy atom. The molecule has 1 aromatic carbocycles. The zero-order valence-corrected chi connectivity index (χ0v) is 23.9. The molecule has 200 valence electrons. The van der Waals surface area contributed by atoms with E-state index in [0.29, 0.717) is 0 Å². The molecular formula is C34H55N2+. The van der Waals surface area contributed by atoms with E-state index in [9.17, 15) is 0 Å². The first-order chi connectivity index (χ1) is 17.7. The lowest BCUT2D eigenvalue weighted by atomic mass is 10.0. The SMILES string of the molecule is CCCCCCCCCCN(CCCCCCCCCC)C(=Cc1ccccc1)c1cc[n+](C)cc1. The number of pyridine rings is 1. The van der Waals surface area contributed by atoms with Gasteiger partial charge in [-0.15, -0.1) is 0 Å². The average molecular weight is 492 g/mol. The highest BCUT2D eigenvalue weighted by atomic mass is 15.1. The van der Waals surface area contributed by atoms with Gasteiger partial charge < -0.3 is 4.90 Å². The number of rotatable bonds is 21. The van der Waals surface area contributed by atoms with Crippen LogP contribution in [-0.2, 0) is 7.05 Å². The number of aromatic nitrogens is 1. The van der Waals surface area contributed by atoms with Crippen molar-refractivity contribution in [2.75, 3.05) is 13.1 Å². The molecule has 0 aliphatic heterocycles. The monoisotopic (exact) mass is 491 g/mol. The molecule has 0 saturated heterocycles. The van der Waals surface area contributed by atoms with E-state index < -0.39 is 0 Å². The Labute approximate surface area is 223 Å². The minimum Gasteiger partial charge on any atom is -0.371 e. The summed E-state index contributed by atoms with van der Waals surface area (Å²) in [5.41, 5.74) is 4.00. The van der Waals surface area contributed by atoms with E-state index in [2.05, 4.69) is 91.3 Å². The minimum atomic E-state index is 1.16. The molecule has 0 radical (unpaired) electrons. The van der Waals surface area contributed by atoms with Gasteiger partial charge in [0.05, 0.1) is 0 Å². The molecule has 0 N–H and O–H groups in total. The summed E-state index contributed by atoms with van der Waals surface area (Å²) in [4.78, 5) is 2.69. The van der Waals surface area contributed by atoms with E-state index >= 15 is 0 Å². The molecule has 0 aliphatic rings. The highest BCUT2D eigenvalue weighted by Crippen LogP contribution is 2.24. The Bertz CT molecular complexity index is 774. The van der Waals surface area contributed by atoms with Crippen molar-refractivity contribution in [3.63, 3.8) is 0 Å². The normalized spacial score (nSPS) is 11.7. The summed E-state index contributed by atoms with van der Waals surface area (Å²) in [6.45, 7) is 6.92. The van der Waals surface area contributed by atoms with E-state index in [-0.39, 0.29) is 0 Å². The Kier molecular flexibility index (Phi) is 16.8. The summed E-state index contributed by atoms with van der Waals surface area (Å²) >= 11 is 0. The number of unbranched alkanes of at least 4 members (excludes halogenated alkanes) is 14. The molecule has 0 amide bonds. The molecule has 0 saturated carbocycles. The van der Waals surface area contributed by atoms with Crippen LogP contribution in [0.2, 0.25) is 0 Å². The molecule has 0 aliphatic carbocycles. The van der Waals surface area contributed by atoms with Crippen molar-refractivity contribution >= 4 is 11.8 Å². The maximum Gasteiger partial charge on any atom is 0.169 e. The molecule has 0 unspecified atom stereocenters. The van der Waals surface area contributed by atoms with Crippen LogP contribution in [0.3, 0.4) is 0 Å². The number of hydrogen-bond donors (Lipinski definition) is 0. The third kappa shape index (κ3) is 13.3. The molecule has 0 spiro atoms. The van der Waals surface area contributed by atoms with Crippen LogP contribution >= 0.6 is 0 Å². The number of benzene rings is 1. The quantitative estimate of drug-likeness (QED) is 0.124. The Morgan fingerprint density at radius 1 is 0.611 bits per heavy atom. The summed E-state index contributed by atoms with van der Waals surface area (Å²) < 4.78 is 2.13. The second kappa shape index (κ2) is 20.0. The van der Waals surface area contributed by atoms with Gasteiger partial charge in [0.1, 0.15) is 7.05 Å². The van der Waals surface area contributed by atoms with E-state index in [1.54, 1.807) is 0 Å². The molecule has 2 aromatic rings. The molecule has 2 nitrogen and oxygen atoms in total. The molecule has 2 heteroatoms. The van der Waals surface area contributed by atoms with E-state index in [0.717, 1.165) is 13.1 Å². The summed E-state index contributed by atoms with van der Waals surface area (Å²) in [5.74, 6) is 0. The van der Waals surface area contributed by atoms with Crippen molar-refractivity contribution in [1.82, 2.24) is 4.90 Å². The highest BCUT2D eigenvalue weighted by Gasteiger charge is 2.13. The standard InChI is InChI=1S/C34H55N2/c1-4-6-8-10-12-14-16-21-27-36(28-22-17-15-13-11-9-7-5-2)34(31-32-23-19-18-20-24-32)33-25-29-35(3)30-26-33/h18-20,23-26,29-31H,4-17,21-22,27-28H2,1-3H3/q+1. The summed E-state index contributed by atoms with van der Waals surface area (Å²) in [5, 5.41) is 0. The Hall–Kier alpha value is -2.09. The van der Waals surface area contributed by atoms with Crippen molar-refractivity contribution in [1.29, 1.82) is 0 Å². The molecule has 0 atom stereocenters. The Balaban J connectivity index is 2.02. The summed E-state index contributed by atoms with van der Waals surface area (Å²) in [6.07, 6.45) is 28.7. The van der Waals surface area contributed by atoms with Crippen molar-refractivity contribution in [2.24, 2.45) is 7.05 Å². The fourth-order valence-electron chi connectivity index (χ4n) is 4.96. The van der Waals surface area contributed by atoms with Gasteiger partial charge in [-0.3, -0.25) is 0 Å². The van der Waals surface area contributed by atoms with Gasteiger partial charge in [0.15, 0.2) is 12.4 Å². The topological polar surface area (TPSA) is 7.12 Å². The molecule has 0 fully saturated rings. The van der Waals surface area contributed by atoms with Crippen molar-refractivity contribution < 1.29 is 4.57 Å². The van der Waals surface area contributed by atoms with Crippen LogP contribution in [-0.4, -0.2) is 18.0 Å². The van der Waals surface area contributed by atoms with Crippen LogP contribution in [0.4, 0.5) is 0 Å². The fourth-order valence-corrected chi connectivity index (χ4v) is 4.96. The van der Waals surface area contributed by atoms with E-state index in [1.807, 2.05) is 0 Å². The first-order valence-corrected chi connectivity index (χ1v) is 15.2. The van der Waals surface area contributed by atoms with Crippen LogP contribution in [0.25, 0.3) is 11.8 Å². The lowest BCUT2D eigenvalue weighted by Gasteiger charge is -2.28. The van der Waals surface area contributed by atoms with Crippen LogP contribution in [0, 0.1) is 0 Å². The average Bonchev–Trinajstić information content (AvgIpc) is 2.90. The van der Waals surface area contributed by atoms with Gasteiger partial charge in [0.2, 0.25) is 0 Å². The largest absolute Gasteiger partial charge is 0.371 e. The zero-order chi connectivity index (χ0) is 25.7. The van der Waals surface area contributed by atoms with Gasteiger partial charge in [0.25, 0.3) is 0 Å². The highest BCUT2D eigenvalue weighted by molar-refractivity contribution is 5.80. The number of aryl methyl sites for hydroxylation is 1. The number of hydrogen-bond acceptors (Lipinski definition) is 1. The summed E-state index contributed by atoms with van der Waals surface area (Å²) in [6, 6.07) is 15.4. The first kappa shape index (κ1) is 30.1. The van der Waals surface area contributed by atoms with Gasteiger partial charge in [0, 0.05) is 36.5 Å². The van der Waals surface area contributed by atoms with Crippen LogP contribution in [0.5, 0.6) is 0 Å². The molecule has 2 rings (SSSR count). The Morgan fingerprint density at radius 3 is 1.53 bits per heavy atom.